The number of methoxy groups -OCH3 is 1. The number of anilines is 1. The second kappa shape index (κ2) is 12.9. The van der Waals surface area contributed by atoms with Gasteiger partial charge in [0.1, 0.15) is 28.7 Å². The van der Waals surface area contributed by atoms with Gasteiger partial charge >= 0.3 is 0 Å². The van der Waals surface area contributed by atoms with Gasteiger partial charge in [-0.1, -0.05) is 11.6 Å². The van der Waals surface area contributed by atoms with Crippen molar-refractivity contribution in [2.75, 3.05) is 44.9 Å². The normalized spacial score (nSPS) is 20.5. The summed E-state index contributed by atoms with van der Waals surface area (Å²) in [6.07, 6.45) is 8.95. The lowest BCUT2D eigenvalue weighted by molar-refractivity contribution is 0.100. The maximum atomic E-state index is 14.7. The van der Waals surface area contributed by atoms with Gasteiger partial charge in [-0.3, -0.25) is 14.4 Å². The highest BCUT2D eigenvalue weighted by Crippen LogP contribution is 2.32. The molecule has 0 amide bonds. The second-order valence-electron chi connectivity index (χ2n) is 10.2. The third-order valence-electron chi connectivity index (χ3n) is 7.42. The minimum atomic E-state index is -0.483. The molecule has 0 atom stereocenters. The first-order valence-electron chi connectivity index (χ1n) is 13.6. The van der Waals surface area contributed by atoms with Crippen molar-refractivity contribution in [1.82, 2.24) is 14.5 Å². The van der Waals surface area contributed by atoms with Crippen LogP contribution in [0.1, 0.15) is 25.1 Å². The number of hydrogen-bond donors (Lipinski definition) is 1. The predicted molar refractivity (Wildman–Crippen MR) is 156 cm³/mol. The van der Waals surface area contributed by atoms with Crippen LogP contribution in [0.4, 0.5) is 10.2 Å². The number of nitrogens with zero attached hydrogens (tertiary/aromatic N) is 5. The molecule has 0 spiro atoms. The van der Waals surface area contributed by atoms with E-state index in [0.717, 1.165) is 44.0 Å². The zero-order valence-corrected chi connectivity index (χ0v) is 23.3. The van der Waals surface area contributed by atoms with Crippen LogP contribution in [0.2, 0.25) is 5.02 Å². The number of halogens is 2. The van der Waals surface area contributed by atoms with Crippen molar-refractivity contribution >= 4 is 34.5 Å². The number of rotatable bonds is 6. The van der Waals surface area contributed by atoms with Crippen LogP contribution in [0, 0.1) is 11.7 Å². The molecule has 11 heteroatoms. The Morgan fingerprint density at radius 2 is 2.02 bits per heavy atom. The fourth-order valence-electron chi connectivity index (χ4n) is 5.31. The van der Waals surface area contributed by atoms with E-state index in [0.29, 0.717) is 71.9 Å². The van der Waals surface area contributed by atoms with Gasteiger partial charge in [0.2, 0.25) is 0 Å². The van der Waals surface area contributed by atoms with E-state index in [4.69, 9.17) is 36.8 Å². The Kier molecular flexibility index (Phi) is 9.08. The molecule has 2 fully saturated rings. The Labute approximate surface area is 237 Å². The number of allylic oxidation sites excluding steroid dienone is 1. The molecule has 9 nitrogen and oxygen atoms in total. The lowest BCUT2D eigenvalue weighted by atomic mass is 9.81. The van der Waals surface area contributed by atoms with Crippen molar-refractivity contribution in [1.29, 1.82) is 0 Å². The maximum absolute atomic E-state index is 14.7. The van der Waals surface area contributed by atoms with Gasteiger partial charge < -0.3 is 20.1 Å². The molecule has 3 aromatic rings. The van der Waals surface area contributed by atoms with Crippen LogP contribution in [0.5, 0.6) is 0 Å². The first-order valence-corrected chi connectivity index (χ1v) is 14.0. The topological polar surface area (TPSA) is 108 Å². The smallest absolute Gasteiger partial charge is 0.261 e. The lowest BCUT2D eigenvalue weighted by Gasteiger charge is -2.31. The molecule has 3 aliphatic rings. The highest BCUT2D eigenvalue weighted by molar-refractivity contribution is 6.30. The number of aromatic nitrogens is 3. The van der Waals surface area contributed by atoms with Crippen molar-refractivity contribution in [2.45, 2.75) is 38.3 Å². The number of aliphatic imine (C=N–C) groups is 1. The molecule has 2 N–H and O–H groups in total. The first-order chi connectivity index (χ1) is 19.5. The molecule has 1 aliphatic carbocycles. The van der Waals surface area contributed by atoms with E-state index in [1.165, 1.54) is 12.3 Å². The number of nitrogens with two attached hydrogens (primary N) is 1. The zero-order valence-electron chi connectivity index (χ0n) is 22.6. The zero-order chi connectivity index (χ0) is 28.1. The molecule has 40 heavy (non-hydrogen) atoms. The van der Waals surface area contributed by atoms with E-state index >= 15 is 0 Å². The van der Waals surface area contributed by atoms with Crippen LogP contribution >= 0.6 is 11.6 Å². The van der Waals surface area contributed by atoms with Gasteiger partial charge in [0.25, 0.3) is 5.56 Å². The van der Waals surface area contributed by atoms with Crippen LogP contribution in [0.25, 0.3) is 22.2 Å². The summed E-state index contributed by atoms with van der Waals surface area (Å²) in [4.78, 5) is 28.9. The molecule has 1 saturated carbocycles. The van der Waals surface area contributed by atoms with Crippen LogP contribution in [0.3, 0.4) is 0 Å². The van der Waals surface area contributed by atoms with Gasteiger partial charge in [-0.05, 0) is 61.7 Å². The Hall–Kier alpha value is -3.34. The van der Waals surface area contributed by atoms with Crippen molar-refractivity contribution in [3.63, 3.8) is 0 Å². The fraction of sp³-hybridized carbons (Fsp3) is 0.448. The highest BCUT2D eigenvalue weighted by Gasteiger charge is 2.27. The van der Waals surface area contributed by atoms with Crippen molar-refractivity contribution < 1.29 is 13.9 Å². The molecule has 0 radical (unpaired) electrons. The number of pyridine rings is 1. The Morgan fingerprint density at radius 3 is 2.75 bits per heavy atom. The number of aryl methyl sites for hydroxylation is 1. The van der Waals surface area contributed by atoms with Crippen LogP contribution < -0.4 is 16.2 Å². The third kappa shape index (κ3) is 6.19. The molecular weight excluding hydrogens is 535 g/mol. The number of hydrogen-bond acceptors (Lipinski definition) is 8. The maximum Gasteiger partial charge on any atom is 0.261 e. The largest absolute Gasteiger partial charge is 0.405 e. The molecule has 212 valence electrons. The average molecular weight is 569 g/mol. The minimum absolute atomic E-state index is 0.0926. The molecule has 0 unspecified atom stereocenters. The monoisotopic (exact) mass is 568 g/mol. The van der Waals surface area contributed by atoms with E-state index < -0.39 is 5.82 Å². The summed E-state index contributed by atoms with van der Waals surface area (Å²) >= 11 is 5.93. The van der Waals surface area contributed by atoms with E-state index in [9.17, 15) is 9.18 Å². The summed E-state index contributed by atoms with van der Waals surface area (Å²) < 4.78 is 26.9. The van der Waals surface area contributed by atoms with Gasteiger partial charge in [0.05, 0.1) is 24.6 Å². The van der Waals surface area contributed by atoms with Gasteiger partial charge in [-0.2, -0.15) is 0 Å². The van der Waals surface area contributed by atoms with Crippen molar-refractivity contribution in [3.8, 4) is 11.3 Å². The highest BCUT2D eigenvalue weighted by atomic mass is 35.5. The summed E-state index contributed by atoms with van der Waals surface area (Å²) in [5.74, 6) is 1.61. The van der Waals surface area contributed by atoms with E-state index in [2.05, 4.69) is 9.89 Å². The number of benzene rings is 1. The SMILES string of the molecule is COCC1CC(N=C/C=C\N)C1.O=c1c2cc(N3CCOCC3)nc(-c3ccc(Cl)cc3F)c2nc2n1CCC2. The standard InChI is InChI=1S/C20H18ClFN4O2.C9H16N2O/c21-12-3-4-13(15(22)10-12)18-19-14(20(27)26-5-1-2-16(26)23-19)11-17(24-18)25-6-8-28-9-7-25;1-12-7-8-5-9(6-8)11-4-2-3-10/h3-4,10-11H,1-2,5-9H2;2-4,8-9H,5-7,10H2,1H3/b;3-2-,11-4?. The van der Waals surface area contributed by atoms with Crippen molar-refractivity contribution in [3.05, 3.63) is 63.6 Å². The van der Waals surface area contributed by atoms with Crippen molar-refractivity contribution in [2.24, 2.45) is 16.6 Å². The molecular formula is C29H34ClFN6O3. The van der Waals surface area contributed by atoms with Crippen LogP contribution in [-0.4, -0.2) is 66.8 Å². The average Bonchev–Trinajstić information content (AvgIpc) is 3.42. The summed E-state index contributed by atoms with van der Waals surface area (Å²) in [5, 5.41) is 0.773. The van der Waals surface area contributed by atoms with Gasteiger partial charge in [0, 0.05) is 56.6 Å². The summed E-state index contributed by atoms with van der Waals surface area (Å²) in [5.41, 5.74) is 6.17. The first kappa shape index (κ1) is 28.2. The number of morpholine rings is 1. The number of ether oxygens (including phenoxy) is 2. The summed E-state index contributed by atoms with van der Waals surface area (Å²) in [6.45, 7) is 4.05. The van der Waals surface area contributed by atoms with Gasteiger partial charge in [-0.25, -0.2) is 14.4 Å². The fourth-order valence-corrected chi connectivity index (χ4v) is 5.47. The van der Waals surface area contributed by atoms with Crippen LogP contribution in [0.15, 0.2) is 46.3 Å². The van der Waals surface area contributed by atoms with Gasteiger partial charge in [-0.15, -0.1) is 0 Å². The van der Waals surface area contributed by atoms with E-state index in [-0.39, 0.29) is 5.56 Å². The van der Waals surface area contributed by atoms with Crippen LogP contribution in [-0.2, 0) is 22.4 Å². The minimum Gasteiger partial charge on any atom is -0.405 e. The Morgan fingerprint density at radius 1 is 1.23 bits per heavy atom. The molecule has 2 aromatic heterocycles. The molecule has 2 aliphatic heterocycles. The van der Waals surface area contributed by atoms with E-state index in [1.807, 2.05) is 0 Å². The quantitative estimate of drug-likeness (QED) is 0.448. The summed E-state index contributed by atoms with van der Waals surface area (Å²) in [7, 11) is 1.74. The molecule has 6 rings (SSSR count). The third-order valence-corrected chi connectivity index (χ3v) is 7.65. The lowest BCUT2D eigenvalue weighted by Crippen LogP contribution is -2.37. The Balaban J connectivity index is 0.000000227. The predicted octanol–water partition coefficient (Wildman–Crippen LogP) is 3.99. The van der Waals surface area contributed by atoms with Gasteiger partial charge in [0.15, 0.2) is 0 Å². The number of fused-ring (bicyclic) bond motifs is 2. The Bertz CT molecular complexity index is 1460. The molecule has 4 heterocycles. The van der Waals surface area contributed by atoms with E-state index in [1.54, 1.807) is 42.2 Å². The molecule has 1 saturated heterocycles. The molecule has 1 aromatic carbocycles. The summed E-state index contributed by atoms with van der Waals surface area (Å²) in [6, 6.07) is 6.75. The molecule has 0 bridgehead atoms. The second-order valence-corrected chi connectivity index (χ2v) is 10.6.